The predicted octanol–water partition coefficient (Wildman–Crippen LogP) is -0.0181. The maximum Gasteiger partial charge on any atom is 0.261 e. The summed E-state index contributed by atoms with van der Waals surface area (Å²) < 4.78 is 10.2. The second kappa shape index (κ2) is 5.33. The molecule has 0 aliphatic rings. The first-order valence-corrected chi connectivity index (χ1v) is 4.43. The van der Waals surface area contributed by atoms with E-state index in [0.29, 0.717) is 5.75 Å². The van der Waals surface area contributed by atoms with Gasteiger partial charge < -0.3 is 15.2 Å². The monoisotopic (exact) mass is 210 g/mol. The molecule has 0 aliphatic carbocycles. The van der Waals surface area contributed by atoms with Crippen LogP contribution in [0.4, 0.5) is 0 Å². The molecule has 1 rings (SSSR count). The predicted molar refractivity (Wildman–Crippen MR) is 55.0 cm³/mol. The van der Waals surface area contributed by atoms with E-state index in [1.165, 1.54) is 0 Å². The first kappa shape index (κ1) is 11.5. The van der Waals surface area contributed by atoms with Gasteiger partial charge in [-0.25, -0.2) is 0 Å². The average Bonchev–Trinajstić information content (AvgIpc) is 2.26. The average molecular weight is 210 g/mol. The summed E-state index contributed by atoms with van der Waals surface area (Å²) in [5.41, 5.74) is 11.1. The molecule has 0 saturated carbocycles. The fourth-order valence-electron chi connectivity index (χ4n) is 1.08. The van der Waals surface area contributed by atoms with E-state index in [-0.39, 0.29) is 6.61 Å². The zero-order valence-electron chi connectivity index (χ0n) is 8.47. The van der Waals surface area contributed by atoms with Gasteiger partial charge in [-0.05, 0) is 6.07 Å². The van der Waals surface area contributed by atoms with Gasteiger partial charge in [-0.15, -0.1) is 0 Å². The third kappa shape index (κ3) is 3.23. The smallest absolute Gasteiger partial charge is 0.261 e. The van der Waals surface area contributed by atoms with Crippen molar-refractivity contribution >= 4 is 5.91 Å². The minimum atomic E-state index is -1.09. The summed E-state index contributed by atoms with van der Waals surface area (Å²) in [6, 6.07) is 7.31. The molecule has 0 bridgehead atoms. The van der Waals surface area contributed by atoms with E-state index in [2.05, 4.69) is 0 Å². The van der Waals surface area contributed by atoms with Gasteiger partial charge in [0, 0.05) is 5.56 Å². The van der Waals surface area contributed by atoms with Crippen LogP contribution in [-0.2, 0) is 16.1 Å². The van der Waals surface area contributed by atoms with Crippen LogP contribution >= 0.6 is 0 Å². The molecule has 1 amide bonds. The number of methoxy groups -OCH3 is 1. The standard InChI is InChI=1S/C10H14N2O3/c1-14-8-5-3-2-4-7(8)6-15-10(12)9(11)13/h2-5,10H,6,12H2,1H3,(H2,11,13). The molecule has 0 heterocycles. The molecule has 1 aromatic carbocycles. The lowest BCUT2D eigenvalue weighted by Crippen LogP contribution is -2.38. The van der Waals surface area contributed by atoms with Gasteiger partial charge in [0.05, 0.1) is 13.7 Å². The van der Waals surface area contributed by atoms with E-state index in [4.69, 9.17) is 20.9 Å². The highest BCUT2D eigenvalue weighted by Gasteiger charge is 2.10. The van der Waals surface area contributed by atoms with Gasteiger partial charge in [-0.3, -0.25) is 10.5 Å². The lowest BCUT2D eigenvalue weighted by Gasteiger charge is -2.11. The number of primary amides is 1. The summed E-state index contributed by atoms with van der Waals surface area (Å²) >= 11 is 0. The summed E-state index contributed by atoms with van der Waals surface area (Å²) in [5, 5.41) is 0. The van der Waals surface area contributed by atoms with Crippen molar-refractivity contribution in [2.75, 3.05) is 7.11 Å². The number of rotatable bonds is 5. The van der Waals surface area contributed by atoms with Gasteiger partial charge >= 0.3 is 0 Å². The minimum absolute atomic E-state index is 0.189. The van der Waals surface area contributed by atoms with Crippen LogP contribution in [0.1, 0.15) is 5.56 Å². The molecular weight excluding hydrogens is 196 g/mol. The molecule has 5 heteroatoms. The summed E-state index contributed by atoms with van der Waals surface area (Å²) in [4.78, 5) is 10.6. The molecule has 4 N–H and O–H groups in total. The van der Waals surface area contributed by atoms with Crippen molar-refractivity contribution < 1.29 is 14.3 Å². The quantitative estimate of drug-likeness (QED) is 0.669. The van der Waals surface area contributed by atoms with E-state index in [9.17, 15) is 4.79 Å². The van der Waals surface area contributed by atoms with Crippen LogP contribution in [0.3, 0.4) is 0 Å². The number of nitrogens with two attached hydrogens (primary N) is 2. The normalized spacial score (nSPS) is 12.1. The Morgan fingerprint density at radius 3 is 2.73 bits per heavy atom. The van der Waals surface area contributed by atoms with Crippen molar-refractivity contribution in [3.8, 4) is 5.75 Å². The van der Waals surface area contributed by atoms with Gasteiger partial charge in [0.1, 0.15) is 5.75 Å². The molecule has 15 heavy (non-hydrogen) atoms. The van der Waals surface area contributed by atoms with Crippen LogP contribution in [0.15, 0.2) is 24.3 Å². The molecule has 0 aliphatic heterocycles. The Bertz CT molecular complexity index is 341. The Morgan fingerprint density at radius 1 is 1.47 bits per heavy atom. The second-order valence-electron chi connectivity index (χ2n) is 2.95. The van der Waals surface area contributed by atoms with Crippen LogP contribution in [-0.4, -0.2) is 19.2 Å². The van der Waals surface area contributed by atoms with Crippen LogP contribution in [0.25, 0.3) is 0 Å². The third-order valence-corrected chi connectivity index (χ3v) is 1.89. The van der Waals surface area contributed by atoms with Gasteiger partial charge in [0.25, 0.3) is 5.91 Å². The molecule has 82 valence electrons. The molecule has 0 aromatic heterocycles. The highest BCUT2D eigenvalue weighted by atomic mass is 16.5. The number of hydrogen-bond donors (Lipinski definition) is 2. The SMILES string of the molecule is COc1ccccc1COC(N)C(N)=O. The molecule has 0 spiro atoms. The van der Waals surface area contributed by atoms with Crippen LogP contribution < -0.4 is 16.2 Å². The molecular formula is C10H14N2O3. The summed E-state index contributed by atoms with van der Waals surface area (Å²) in [6.07, 6.45) is -1.09. The lowest BCUT2D eigenvalue weighted by atomic mass is 10.2. The van der Waals surface area contributed by atoms with E-state index >= 15 is 0 Å². The Labute approximate surface area is 88.0 Å². The zero-order valence-corrected chi connectivity index (χ0v) is 8.47. The van der Waals surface area contributed by atoms with Crippen molar-refractivity contribution in [2.45, 2.75) is 12.8 Å². The fourth-order valence-corrected chi connectivity index (χ4v) is 1.08. The van der Waals surface area contributed by atoms with Crippen molar-refractivity contribution in [1.29, 1.82) is 0 Å². The highest BCUT2D eigenvalue weighted by molar-refractivity contribution is 5.78. The molecule has 1 aromatic rings. The number of carbonyl (C=O) groups excluding carboxylic acids is 1. The number of benzene rings is 1. The number of ether oxygens (including phenoxy) is 2. The largest absolute Gasteiger partial charge is 0.496 e. The Morgan fingerprint density at radius 2 is 2.13 bits per heavy atom. The van der Waals surface area contributed by atoms with E-state index in [1.807, 2.05) is 18.2 Å². The second-order valence-corrected chi connectivity index (χ2v) is 2.95. The minimum Gasteiger partial charge on any atom is -0.496 e. The van der Waals surface area contributed by atoms with Crippen LogP contribution in [0.5, 0.6) is 5.75 Å². The van der Waals surface area contributed by atoms with E-state index in [0.717, 1.165) is 5.56 Å². The molecule has 1 atom stereocenters. The molecule has 0 fully saturated rings. The maximum absolute atomic E-state index is 10.6. The van der Waals surface area contributed by atoms with Gasteiger partial charge in [-0.2, -0.15) is 0 Å². The van der Waals surface area contributed by atoms with Crippen molar-refractivity contribution in [2.24, 2.45) is 11.5 Å². The Balaban J connectivity index is 2.60. The van der Waals surface area contributed by atoms with Gasteiger partial charge in [0.2, 0.25) is 0 Å². The zero-order chi connectivity index (χ0) is 11.3. The fraction of sp³-hybridized carbons (Fsp3) is 0.300. The molecule has 0 radical (unpaired) electrons. The third-order valence-electron chi connectivity index (χ3n) is 1.89. The van der Waals surface area contributed by atoms with Crippen molar-refractivity contribution in [1.82, 2.24) is 0 Å². The molecule has 5 nitrogen and oxygen atoms in total. The summed E-state index contributed by atoms with van der Waals surface area (Å²) in [7, 11) is 1.56. The van der Waals surface area contributed by atoms with Gasteiger partial charge in [0.15, 0.2) is 6.23 Å². The summed E-state index contributed by atoms with van der Waals surface area (Å²) in [5.74, 6) is -0.000863. The number of amides is 1. The molecule has 1 unspecified atom stereocenters. The maximum atomic E-state index is 10.6. The lowest BCUT2D eigenvalue weighted by molar-refractivity contribution is -0.129. The van der Waals surface area contributed by atoms with Crippen LogP contribution in [0.2, 0.25) is 0 Å². The Kier molecular flexibility index (Phi) is 4.08. The van der Waals surface area contributed by atoms with Crippen LogP contribution in [0, 0.1) is 0 Å². The topological polar surface area (TPSA) is 87.6 Å². The van der Waals surface area contributed by atoms with Crippen molar-refractivity contribution in [3.05, 3.63) is 29.8 Å². The number of para-hydroxylation sites is 1. The van der Waals surface area contributed by atoms with Crippen molar-refractivity contribution in [3.63, 3.8) is 0 Å². The van der Waals surface area contributed by atoms with E-state index in [1.54, 1.807) is 13.2 Å². The highest BCUT2D eigenvalue weighted by Crippen LogP contribution is 2.18. The number of carbonyl (C=O) groups is 1. The number of hydrogen-bond acceptors (Lipinski definition) is 4. The van der Waals surface area contributed by atoms with E-state index < -0.39 is 12.1 Å². The van der Waals surface area contributed by atoms with Gasteiger partial charge in [-0.1, -0.05) is 18.2 Å². The molecule has 0 saturated heterocycles. The first-order chi connectivity index (χ1) is 7.15. The Hall–Kier alpha value is -1.59. The summed E-state index contributed by atoms with van der Waals surface area (Å²) in [6.45, 7) is 0.189. The first-order valence-electron chi connectivity index (χ1n) is 4.43.